The monoisotopic (exact) mass is 358 g/mol. The van der Waals surface area contributed by atoms with E-state index in [0.29, 0.717) is 18.2 Å². The number of carbonyl (C=O) groups is 1. The fourth-order valence-electron chi connectivity index (χ4n) is 4.01. The molecule has 2 aliphatic heterocycles. The van der Waals surface area contributed by atoms with Crippen LogP contribution in [0.1, 0.15) is 25.5 Å². The number of ether oxygens (including phenoxy) is 1. The van der Waals surface area contributed by atoms with E-state index in [2.05, 4.69) is 15.1 Å². The third-order valence-corrected chi connectivity index (χ3v) is 5.55. The smallest absolute Gasteiger partial charge is 0.415 e. The number of amides is 1. The first-order valence-electron chi connectivity index (χ1n) is 9.00. The molecular formula is C19H23FN4O2. The van der Waals surface area contributed by atoms with Gasteiger partial charge in [-0.05, 0) is 63.2 Å². The Bertz CT molecular complexity index is 756. The van der Waals surface area contributed by atoms with E-state index >= 15 is 0 Å². The van der Waals surface area contributed by atoms with Crippen molar-refractivity contribution in [1.29, 1.82) is 0 Å². The van der Waals surface area contributed by atoms with E-state index in [0.717, 1.165) is 38.2 Å². The molecule has 1 aromatic heterocycles. The normalized spacial score (nSPS) is 24.8. The van der Waals surface area contributed by atoms with Crippen LogP contribution in [0.4, 0.5) is 14.9 Å². The number of cyclic esters (lactones) is 1. The van der Waals surface area contributed by atoms with Crippen LogP contribution in [0.5, 0.6) is 0 Å². The van der Waals surface area contributed by atoms with Crippen molar-refractivity contribution in [2.24, 2.45) is 5.92 Å². The number of hydrogen-bond acceptors (Lipinski definition) is 4. The molecule has 1 atom stereocenters. The van der Waals surface area contributed by atoms with Gasteiger partial charge in [0.1, 0.15) is 11.4 Å². The highest BCUT2D eigenvalue weighted by Gasteiger charge is 2.48. The molecule has 2 aromatic rings. The van der Waals surface area contributed by atoms with Crippen LogP contribution in [0, 0.1) is 11.7 Å². The molecule has 4 rings (SSSR count). The minimum atomic E-state index is -0.508. The number of likely N-dealkylation sites (tertiary alicyclic amines) is 1. The zero-order valence-corrected chi connectivity index (χ0v) is 14.8. The summed E-state index contributed by atoms with van der Waals surface area (Å²) >= 11 is 0. The highest BCUT2D eigenvalue weighted by atomic mass is 19.1. The number of rotatable bonds is 4. The van der Waals surface area contributed by atoms with E-state index in [1.54, 1.807) is 23.2 Å². The van der Waals surface area contributed by atoms with Crippen LogP contribution >= 0.6 is 0 Å². The predicted molar refractivity (Wildman–Crippen MR) is 95.2 cm³/mol. The summed E-state index contributed by atoms with van der Waals surface area (Å²) in [6.07, 6.45) is 3.38. The predicted octanol–water partition coefficient (Wildman–Crippen LogP) is 3.18. The number of carbonyl (C=O) groups excluding carboxylic acids is 1. The van der Waals surface area contributed by atoms with Gasteiger partial charge in [0.2, 0.25) is 0 Å². The zero-order valence-electron chi connectivity index (χ0n) is 14.8. The Morgan fingerprint density at radius 1 is 1.27 bits per heavy atom. The SMILES string of the molecule is CC1(C2CCN(Cc3ccn[nH]3)CC2)CN(c2ccc(F)cc2)C(=O)O1. The Kier molecular flexibility index (Phi) is 4.40. The lowest BCUT2D eigenvalue weighted by molar-refractivity contribution is -0.00691. The summed E-state index contributed by atoms with van der Waals surface area (Å²) in [5.74, 6) is 0.00336. The van der Waals surface area contributed by atoms with Crippen molar-refractivity contribution in [3.63, 3.8) is 0 Å². The maximum atomic E-state index is 13.1. The summed E-state index contributed by atoms with van der Waals surface area (Å²) in [6.45, 7) is 5.32. The molecule has 1 amide bonds. The van der Waals surface area contributed by atoms with E-state index in [1.165, 1.54) is 12.1 Å². The minimum absolute atomic E-state index is 0.311. The van der Waals surface area contributed by atoms with Crippen molar-refractivity contribution in [3.05, 3.63) is 48.0 Å². The Morgan fingerprint density at radius 3 is 2.65 bits per heavy atom. The van der Waals surface area contributed by atoms with Gasteiger partial charge in [-0.15, -0.1) is 0 Å². The van der Waals surface area contributed by atoms with Gasteiger partial charge in [-0.25, -0.2) is 9.18 Å². The molecule has 2 saturated heterocycles. The van der Waals surface area contributed by atoms with E-state index in [4.69, 9.17) is 4.74 Å². The fraction of sp³-hybridized carbons (Fsp3) is 0.474. The van der Waals surface area contributed by atoms with Crippen LogP contribution in [0.3, 0.4) is 0 Å². The quantitative estimate of drug-likeness (QED) is 0.912. The summed E-state index contributed by atoms with van der Waals surface area (Å²) in [7, 11) is 0. The third-order valence-electron chi connectivity index (χ3n) is 5.55. The number of aromatic nitrogens is 2. The average Bonchev–Trinajstić information content (AvgIpc) is 3.24. The number of hydrogen-bond donors (Lipinski definition) is 1. The molecule has 0 bridgehead atoms. The first-order chi connectivity index (χ1) is 12.5. The van der Waals surface area contributed by atoms with E-state index in [-0.39, 0.29) is 11.9 Å². The average molecular weight is 358 g/mol. The Hall–Kier alpha value is -2.41. The molecule has 2 aliphatic rings. The van der Waals surface area contributed by atoms with Crippen molar-refractivity contribution in [1.82, 2.24) is 15.1 Å². The molecule has 138 valence electrons. The van der Waals surface area contributed by atoms with Gasteiger partial charge in [0.15, 0.2) is 0 Å². The van der Waals surface area contributed by atoms with Gasteiger partial charge in [0.05, 0.1) is 6.54 Å². The first kappa shape index (κ1) is 17.0. The molecular weight excluding hydrogens is 335 g/mol. The second-order valence-corrected chi connectivity index (χ2v) is 7.38. The summed E-state index contributed by atoms with van der Waals surface area (Å²) in [5.41, 5.74) is 1.28. The van der Waals surface area contributed by atoms with Crippen molar-refractivity contribution >= 4 is 11.8 Å². The fourth-order valence-corrected chi connectivity index (χ4v) is 4.01. The van der Waals surface area contributed by atoms with Gasteiger partial charge in [0, 0.05) is 30.0 Å². The van der Waals surface area contributed by atoms with E-state index < -0.39 is 5.60 Å². The van der Waals surface area contributed by atoms with Gasteiger partial charge < -0.3 is 4.74 Å². The summed E-state index contributed by atoms with van der Waals surface area (Å²) in [6, 6.07) is 7.97. The summed E-state index contributed by atoms with van der Waals surface area (Å²) < 4.78 is 18.9. The Morgan fingerprint density at radius 2 is 2.00 bits per heavy atom. The molecule has 7 heteroatoms. The summed E-state index contributed by atoms with van der Waals surface area (Å²) in [5, 5.41) is 6.99. The molecule has 26 heavy (non-hydrogen) atoms. The molecule has 6 nitrogen and oxygen atoms in total. The maximum absolute atomic E-state index is 13.1. The molecule has 0 saturated carbocycles. The van der Waals surface area contributed by atoms with Crippen LogP contribution in [0.25, 0.3) is 0 Å². The molecule has 3 heterocycles. The molecule has 1 N–H and O–H groups in total. The first-order valence-corrected chi connectivity index (χ1v) is 9.00. The van der Waals surface area contributed by atoms with Gasteiger partial charge in [-0.1, -0.05) is 0 Å². The zero-order chi connectivity index (χ0) is 18.1. The van der Waals surface area contributed by atoms with Crippen molar-refractivity contribution in [2.75, 3.05) is 24.5 Å². The lowest BCUT2D eigenvalue weighted by Crippen LogP contribution is -2.45. The number of piperidine rings is 1. The summed E-state index contributed by atoms with van der Waals surface area (Å²) in [4.78, 5) is 16.4. The number of anilines is 1. The molecule has 1 aromatic carbocycles. The molecule has 2 fully saturated rings. The Balaban J connectivity index is 1.39. The van der Waals surface area contributed by atoms with E-state index in [9.17, 15) is 9.18 Å². The van der Waals surface area contributed by atoms with Crippen LogP contribution in [0.2, 0.25) is 0 Å². The Labute approximate surface area is 151 Å². The maximum Gasteiger partial charge on any atom is 0.415 e. The number of nitrogens with one attached hydrogen (secondary N) is 1. The number of benzene rings is 1. The third kappa shape index (κ3) is 3.31. The molecule has 0 aliphatic carbocycles. The highest BCUT2D eigenvalue weighted by molar-refractivity contribution is 5.90. The van der Waals surface area contributed by atoms with Crippen LogP contribution in [0.15, 0.2) is 36.5 Å². The second-order valence-electron chi connectivity index (χ2n) is 7.38. The van der Waals surface area contributed by atoms with Crippen LogP contribution in [-0.2, 0) is 11.3 Å². The minimum Gasteiger partial charge on any atom is -0.441 e. The number of aromatic amines is 1. The van der Waals surface area contributed by atoms with Crippen LogP contribution in [-0.4, -0.2) is 46.4 Å². The van der Waals surface area contributed by atoms with E-state index in [1.807, 2.05) is 13.0 Å². The molecule has 0 radical (unpaired) electrons. The van der Waals surface area contributed by atoms with Crippen molar-refractivity contribution in [3.8, 4) is 0 Å². The van der Waals surface area contributed by atoms with Crippen LogP contribution < -0.4 is 4.90 Å². The number of H-pyrrole nitrogens is 1. The molecule has 0 spiro atoms. The number of nitrogens with zero attached hydrogens (tertiary/aromatic N) is 3. The number of halogens is 1. The highest BCUT2D eigenvalue weighted by Crippen LogP contribution is 2.38. The lowest BCUT2D eigenvalue weighted by Gasteiger charge is -2.38. The largest absolute Gasteiger partial charge is 0.441 e. The second kappa shape index (κ2) is 6.72. The molecule has 1 unspecified atom stereocenters. The van der Waals surface area contributed by atoms with Gasteiger partial charge in [-0.2, -0.15) is 5.10 Å². The van der Waals surface area contributed by atoms with Gasteiger partial charge in [0.25, 0.3) is 0 Å². The van der Waals surface area contributed by atoms with Crippen molar-refractivity contribution in [2.45, 2.75) is 31.9 Å². The standard InChI is InChI=1S/C19H23FN4O2/c1-19(13-24(18(25)26-19)17-4-2-15(20)3-5-17)14-7-10-23(11-8-14)12-16-6-9-21-22-16/h2-6,9,14H,7-8,10-13H2,1H3,(H,21,22). The van der Waals surface area contributed by atoms with Gasteiger partial charge >= 0.3 is 6.09 Å². The van der Waals surface area contributed by atoms with Gasteiger partial charge in [-0.3, -0.25) is 14.9 Å². The van der Waals surface area contributed by atoms with Crippen molar-refractivity contribution < 1.29 is 13.9 Å². The lowest BCUT2D eigenvalue weighted by atomic mass is 9.81. The topological polar surface area (TPSA) is 61.5 Å².